The maximum atomic E-state index is 13.2. The highest BCUT2D eigenvalue weighted by Crippen LogP contribution is 2.42. The summed E-state index contributed by atoms with van der Waals surface area (Å²) in [6.45, 7) is 9.25. The minimum Gasteiger partial charge on any atom is -0.507 e. The fourth-order valence-corrected chi connectivity index (χ4v) is 4.32. The zero-order chi connectivity index (χ0) is 25.5. The Bertz CT molecular complexity index is 1080. The average molecular weight is 501 g/mol. The summed E-state index contributed by atoms with van der Waals surface area (Å²) in [5.74, 6) is -0.511. The Balaban J connectivity index is 2.12. The quantitative estimate of drug-likeness (QED) is 0.268. The molecule has 2 aromatic carbocycles. The summed E-state index contributed by atoms with van der Waals surface area (Å²) in [4.78, 5) is 30.1. The normalized spacial score (nSPS) is 17.3. The van der Waals surface area contributed by atoms with Gasteiger partial charge in [-0.15, -0.1) is 0 Å². The highest BCUT2D eigenvalue weighted by atomic mass is 35.5. The van der Waals surface area contributed by atoms with Crippen molar-refractivity contribution in [2.45, 2.75) is 33.2 Å². The summed E-state index contributed by atoms with van der Waals surface area (Å²) >= 11 is 6.00. The molecule has 2 aromatic rings. The molecule has 0 aliphatic carbocycles. The Kier molecular flexibility index (Phi) is 9.18. The van der Waals surface area contributed by atoms with Crippen LogP contribution in [0.3, 0.4) is 0 Å². The molecule has 188 valence electrons. The number of carbonyl (C=O) groups is 2. The molecular weight excluding hydrogens is 468 g/mol. The lowest BCUT2D eigenvalue weighted by molar-refractivity contribution is -0.140. The molecule has 0 radical (unpaired) electrons. The van der Waals surface area contributed by atoms with Gasteiger partial charge in [0.2, 0.25) is 0 Å². The molecule has 0 aromatic heterocycles. The predicted octanol–water partition coefficient (Wildman–Crippen LogP) is 4.90. The van der Waals surface area contributed by atoms with Crippen LogP contribution in [-0.2, 0) is 9.59 Å². The Labute approximate surface area is 211 Å². The number of Topliss-reactive ketones (excluding diaryl/α,β-unsaturated/α-hetero) is 1. The third kappa shape index (κ3) is 5.80. The molecule has 1 amide bonds. The van der Waals surface area contributed by atoms with Crippen LogP contribution in [0.4, 0.5) is 0 Å². The molecule has 35 heavy (non-hydrogen) atoms. The van der Waals surface area contributed by atoms with Crippen LogP contribution in [-0.4, -0.2) is 66.5 Å². The second-order valence-electron chi connectivity index (χ2n) is 8.29. The van der Waals surface area contributed by atoms with E-state index in [1.807, 2.05) is 13.0 Å². The minimum absolute atomic E-state index is 0.0427. The van der Waals surface area contributed by atoms with E-state index in [2.05, 4.69) is 18.7 Å². The van der Waals surface area contributed by atoms with Gasteiger partial charge < -0.3 is 24.4 Å². The minimum atomic E-state index is -0.768. The van der Waals surface area contributed by atoms with E-state index in [-0.39, 0.29) is 11.3 Å². The molecule has 1 atom stereocenters. The standard InChI is InChI=1S/C27H33ClN2O5/c1-5-16-35-21-13-10-19(17-22(21)34-4)24-23(25(31)18-8-11-20(28)12-9-18)26(32)27(33)30(24)15-14-29(6-2)7-3/h8-13,17,24,31H,5-7,14-16H2,1-4H3/t24-/m1/s1. The lowest BCUT2D eigenvalue weighted by Gasteiger charge is -2.28. The summed E-state index contributed by atoms with van der Waals surface area (Å²) in [7, 11) is 1.54. The number of carbonyl (C=O) groups excluding carboxylic acids is 2. The number of methoxy groups -OCH3 is 1. The van der Waals surface area contributed by atoms with Gasteiger partial charge in [-0.1, -0.05) is 38.4 Å². The van der Waals surface area contributed by atoms with E-state index in [0.717, 1.165) is 19.5 Å². The van der Waals surface area contributed by atoms with Crippen molar-refractivity contribution in [1.29, 1.82) is 0 Å². The first kappa shape index (κ1) is 26.6. The van der Waals surface area contributed by atoms with Crippen LogP contribution in [0.25, 0.3) is 5.76 Å². The second kappa shape index (κ2) is 12.1. The summed E-state index contributed by atoms with van der Waals surface area (Å²) in [6, 6.07) is 11.1. The number of nitrogens with zero attached hydrogens (tertiary/aromatic N) is 2. The van der Waals surface area contributed by atoms with E-state index in [1.54, 1.807) is 43.5 Å². The SMILES string of the molecule is CCCOc1ccc([C@@H]2C(=C(O)c3ccc(Cl)cc3)C(=O)C(=O)N2CCN(CC)CC)cc1OC. The molecule has 0 unspecified atom stereocenters. The molecule has 8 heteroatoms. The Morgan fingerprint density at radius 3 is 2.34 bits per heavy atom. The van der Waals surface area contributed by atoms with Gasteiger partial charge in [0.15, 0.2) is 11.5 Å². The van der Waals surface area contributed by atoms with Gasteiger partial charge in [-0.3, -0.25) is 9.59 Å². The summed E-state index contributed by atoms with van der Waals surface area (Å²) in [5.41, 5.74) is 1.11. The highest BCUT2D eigenvalue weighted by Gasteiger charge is 2.46. The summed E-state index contributed by atoms with van der Waals surface area (Å²) in [5, 5.41) is 11.7. The molecule has 0 spiro atoms. The number of amides is 1. The van der Waals surface area contributed by atoms with Crippen molar-refractivity contribution in [2.24, 2.45) is 0 Å². The fourth-order valence-electron chi connectivity index (χ4n) is 4.19. The van der Waals surface area contributed by atoms with E-state index in [9.17, 15) is 14.7 Å². The number of ketones is 1. The van der Waals surface area contributed by atoms with Crippen LogP contribution < -0.4 is 9.47 Å². The van der Waals surface area contributed by atoms with Crippen LogP contribution in [0.15, 0.2) is 48.0 Å². The molecule has 1 N–H and O–H groups in total. The third-order valence-electron chi connectivity index (χ3n) is 6.17. The second-order valence-corrected chi connectivity index (χ2v) is 8.72. The molecule has 1 fully saturated rings. The Hall–Kier alpha value is -3.03. The van der Waals surface area contributed by atoms with Gasteiger partial charge in [-0.2, -0.15) is 0 Å². The Morgan fingerprint density at radius 1 is 1.06 bits per heavy atom. The van der Waals surface area contributed by atoms with E-state index in [0.29, 0.717) is 47.3 Å². The van der Waals surface area contributed by atoms with Crippen molar-refractivity contribution in [3.8, 4) is 11.5 Å². The van der Waals surface area contributed by atoms with Gasteiger partial charge in [-0.25, -0.2) is 0 Å². The molecule has 0 bridgehead atoms. The number of aliphatic hydroxyl groups excluding tert-OH is 1. The van der Waals surface area contributed by atoms with E-state index in [4.69, 9.17) is 21.1 Å². The van der Waals surface area contributed by atoms with E-state index in [1.165, 1.54) is 4.90 Å². The van der Waals surface area contributed by atoms with Gasteiger partial charge in [0.1, 0.15) is 5.76 Å². The summed E-state index contributed by atoms with van der Waals surface area (Å²) in [6.07, 6.45) is 0.845. The van der Waals surface area contributed by atoms with Crippen molar-refractivity contribution in [2.75, 3.05) is 39.9 Å². The van der Waals surface area contributed by atoms with Crippen LogP contribution in [0.2, 0.25) is 5.02 Å². The monoisotopic (exact) mass is 500 g/mol. The van der Waals surface area contributed by atoms with Crippen molar-refractivity contribution in [1.82, 2.24) is 9.80 Å². The van der Waals surface area contributed by atoms with Crippen molar-refractivity contribution >= 4 is 29.1 Å². The van der Waals surface area contributed by atoms with Gasteiger partial charge >= 0.3 is 0 Å². The molecule has 0 saturated carbocycles. The topological polar surface area (TPSA) is 79.3 Å². The van der Waals surface area contributed by atoms with Gasteiger partial charge in [-0.05, 0) is 61.5 Å². The van der Waals surface area contributed by atoms with Crippen LogP contribution in [0.5, 0.6) is 11.5 Å². The van der Waals surface area contributed by atoms with Gasteiger partial charge in [0, 0.05) is 23.7 Å². The number of halogens is 1. The van der Waals surface area contributed by atoms with Crippen molar-refractivity contribution in [3.05, 3.63) is 64.2 Å². The van der Waals surface area contributed by atoms with Gasteiger partial charge in [0.05, 0.1) is 25.3 Å². The Morgan fingerprint density at radius 2 is 1.74 bits per heavy atom. The van der Waals surface area contributed by atoms with Crippen LogP contribution >= 0.6 is 11.6 Å². The first-order valence-electron chi connectivity index (χ1n) is 11.9. The zero-order valence-corrected chi connectivity index (χ0v) is 21.5. The largest absolute Gasteiger partial charge is 0.507 e. The molecule has 3 rings (SSSR count). The maximum Gasteiger partial charge on any atom is 0.295 e. The lowest BCUT2D eigenvalue weighted by Crippen LogP contribution is -2.38. The number of likely N-dealkylation sites (N-methyl/N-ethyl adjacent to an activating group) is 1. The first-order chi connectivity index (χ1) is 16.9. The third-order valence-corrected chi connectivity index (χ3v) is 6.43. The molecule has 1 aliphatic rings. The smallest absolute Gasteiger partial charge is 0.295 e. The number of hydrogen-bond acceptors (Lipinski definition) is 6. The molecule has 1 heterocycles. The number of aliphatic hydroxyl groups is 1. The van der Waals surface area contributed by atoms with E-state index < -0.39 is 17.7 Å². The average Bonchev–Trinajstić information content (AvgIpc) is 3.13. The molecular formula is C27H33ClN2O5. The molecule has 1 aliphatic heterocycles. The van der Waals surface area contributed by atoms with Crippen LogP contribution in [0.1, 0.15) is 44.4 Å². The molecule has 1 saturated heterocycles. The summed E-state index contributed by atoms with van der Waals surface area (Å²) < 4.78 is 11.3. The number of hydrogen-bond donors (Lipinski definition) is 1. The van der Waals surface area contributed by atoms with Crippen molar-refractivity contribution < 1.29 is 24.2 Å². The van der Waals surface area contributed by atoms with Crippen LogP contribution in [0, 0.1) is 0 Å². The fraction of sp³-hybridized carbons (Fsp3) is 0.407. The van der Waals surface area contributed by atoms with Gasteiger partial charge in [0.25, 0.3) is 11.7 Å². The lowest BCUT2D eigenvalue weighted by atomic mass is 9.95. The zero-order valence-electron chi connectivity index (χ0n) is 20.7. The van der Waals surface area contributed by atoms with E-state index >= 15 is 0 Å². The first-order valence-corrected chi connectivity index (χ1v) is 12.3. The number of likely N-dealkylation sites (tertiary alicyclic amines) is 1. The molecule has 7 nitrogen and oxygen atoms in total. The number of ether oxygens (including phenoxy) is 2. The maximum absolute atomic E-state index is 13.2. The predicted molar refractivity (Wildman–Crippen MR) is 137 cm³/mol. The number of benzene rings is 2. The number of rotatable bonds is 11. The highest BCUT2D eigenvalue weighted by molar-refractivity contribution is 6.46. The van der Waals surface area contributed by atoms with Crippen molar-refractivity contribution in [3.63, 3.8) is 0 Å².